The number of rotatable bonds is 10. The lowest BCUT2D eigenvalue weighted by Gasteiger charge is -2.24. The van der Waals surface area contributed by atoms with Gasteiger partial charge in [0.2, 0.25) is 10.0 Å². The van der Waals surface area contributed by atoms with Gasteiger partial charge in [0, 0.05) is 23.0 Å². The third kappa shape index (κ3) is 5.39. The van der Waals surface area contributed by atoms with E-state index in [1.165, 1.54) is 4.31 Å². The number of nitrogens with one attached hydrogen (secondary N) is 2. The summed E-state index contributed by atoms with van der Waals surface area (Å²) in [5.74, 6) is 0.0833. The molecule has 0 fully saturated rings. The SMILES string of the molecule is CCS(=O)(=O)N(CCCNC)c1ccc(N=C(c2ccccc2)c2c(O)[nH]c3ccccc23)cc1. The Labute approximate surface area is 206 Å². The molecule has 1 heterocycles. The van der Waals surface area contributed by atoms with Crippen molar-refractivity contribution in [3.63, 3.8) is 0 Å². The summed E-state index contributed by atoms with van der Waals surface area (Å²) in [6.45, 7) is 2.78. The van der Waals surface area contributed by atoms with Crippen molar-refractivity contribution in [1.29, 1.82) is 0 Å². The Morgan fingerprint density at radius 1 is 1.00 bits per heavy atom. The van der Waals surface area contributed by atoms with Crippen LogP contribution in [0, 0.1) is 0 Å². The van der Waals surface area contributed by atoms with E-state index in [9.17, 15) is 13.5 Å². The van der Waals surface area contributed by atoms with Gasteiger partial charge in [-0.2, -0.15) is 0 Å². The molecule has 8 heteroatoms. The number of fused-ring (bicyclic) bond motifs is 1. The van der Waals surface area contributed by atoms with Crippen LogP contribution in [0.3, 0.4) is 0 Å². The molecule has 1 aromatic heterocycles. The second-order valence-corrected chi connectivity index (χ2v) is 10.3. The zero-order valence-corrected chi connectivity index (χ0v) is 20.7. The molecule has 0 bridgehead atoms. The van der Waals surface area contributed by atoms with Gasteiger partial charge in [-0.05, 0) is 57.3 Å². The van der Waals surface area contributed by atoms with E-state index >= 15 is 0 Å². The summed E-state index contributed by atoms with van der Waals surface area (Å²) in [6.07, 6.45) is 0.702. The highest BCUT2D eigenvalue weighted by Crippen LogP contribution is 2.32. The number of hydrogen-bond donors (Lipinski definition) is 3. The summed E-state index contributed by atoms with van der Waals surface area (Å²) in [5.41, 5.74) is 4.19. The van der Waals surface area contributed by atoms with Crippen molar-refractivity contribution >= 4 is 38.0 Å². The molecule has 4 rings (SSSR count). The molecule has 0 saturated heterocycles. The van der Waals surface area contributed by atoms with Crippen LogP contribution in [0.1, 0.15) is 24.5 Å². The topological polar surface area (TPSA) is 97.8 Å². The molecule has 0 aliphatic carbocycles. The lowest BCUT2D eigenvalue weighted by Crippen LogP contribution is -2.34. The Hall–Kier alpha value is -3.62. The van der Waals surface area contributed by atoms with Crippen LogP contribution in [0.5, 0.6) is 5.88 Å². The van der Waals surface area contributed by atoms with Gasteiger partial charge in [-0.15, -0.1) is 0 Å². The standard InChI is InChI=1S/C27H30N4O3S/c1-3-35(33,34)31(19-9-18-28-2)22-16-14-21(15-17-22)29-26(20-10-5-4-6-11-20)25-23-12-7-8-13-24(23)30-27(25)32/h4-8,10-17,28,30,32H,3,9,18-19H2,1-2H3. The highest BCUT2D eigenvalue weighted by molar-refractivity contribution is 7.92. The summed E-state index contributed by atoms with van der Waals surface area (Å²) in [7, 11) is -1.56. The van der Waals surface area contributed by atoms with Gasteiger partial charge in [-0.3, -0.25) is 4.31 Å². The second-order valence-electron chi connectivity index (χ2n) is 8.17. The number of aromatic nitrogens is 1. The summed E-state index contributed by atoms with van der Waals surface area (Å²) in [5, 5.41) is 14.7. The second kappa shape index (κ2) is 10.8. The van der Waals surface area contributed by atoms with Gasteiger partial charge in [0.25, 0.3) is 0 Å². The predicted molar refractivity (Wildman–Crippen MR) is 143 cm³/mol. The molecule has 0 radical (unpaired) electrons. The average Bonchev–Trinajstić information content (AvgIpc) is 3.21. The van der Waals surface area contributed by atoms with Crippen molar-refractivity contribution in [2.75, 3.05) is 30.2 Å². The molecule has 3 N–H and O–H groups in total. The van der Waals surface area contributed by atoms with Gasteiger partial charge >= 0.3 is 0 Å². The van der Waals surface area contributed by atoms with E-state index in [1.807, 2.05) is 61.6 Å². The van der Waals surface area contributed by atoms with E-state index in [1.54, 1.807) is 31.2 Å². The molecule has 0 unspecified atom stereocenters. The molecule has 0 spiro atoms. The van der Waals surface area contributed by atoms with Crippen molar-refractivity contribution in [3.8, 4) is 5.88 Å². The summed E-state index contributed by atoms with van der Waals surface area (Å²) >= 11 is 0. The molecule has 35 heavy (non-hydrogen) atoms. The smallest absolute Gasteiger partial charge is 0.234 e. The van der Waals surface area contributed by atoms with Gasteiger partial charge in [-0.25, -0.2) is 13.4 Å². The fourth-order valence-electron chi connectivity index (χ4n) is 4.03. The molecule has 182 valence electrons. The highest BCUT2D eigenvalue weighted by Gasteiger charge is 2.21. The number of anilines is 1. The summed E-state index contributed by atoms with van der Waals surface area (Å²) in [6, 6.07) is 24.6. The van der Waals surface area contributed by atoms with Crippen LogP contribution in [-0.4, -0.2) is 50.1 Å². The fourth-order valence-corrected chi connectivity index (χ4v) is 5.20. The molecule has 4 aromatic rings. The van der Waals surface area contributed by atoms with E-state index in [0.717, 1.165) is 23.0 Å². The Balaban J connectivity index is 1.76. The molecule has 0 aliphatic rings. The van der Waals surface area contributed by atoms with Crippen molar-refractivity contribution < 1.29 is 13.5 Å². The van der Waals surface area contributed by atoms with Crippen molar-refractivity contribution in [2.45, 2.75) is 13.3 Å². The maximum absolute atomic E-state index is 12.7. The van der Waals surface area contributed by atoms with Crippen molar-refractivity contribution in [2.24, 2.45) is 4.99 Å². The van der Waals surface area contributed by atoms with E-state index in [2.05, 4.69) is 10.3 Å². The molecule has 3 aromatic carbocycles. The monoisotopic (exact) mass is 490 g/mol. The first kappa shape index (κ1) is 24.5. The van der Waals surface area contributed by atoms with Crippen LogP contribution in [0.15, 0.2) is 83.9 Å². The zero-order chi connectivity index (χ0) is 24.8. The maximum Gasteiger partial charge on any atom is 0.234 e. The minimum absolute atomic E-state index is 0.0322. The van der Waals surface area contributed by atoms with Gasteiger partial charge in [0.15, 0.2) is 5.88 Å². The fraction of sp³-hybridized carbons (Fsp3) is 0.222. The van der Waals surface area contributed by atoms with Gasteiger partial charge in [0.05, 0.1) is 28.4 Å². The molecule has 0 aliphatic heterocycles. The average molecular weight is 491 g/mol. The van der Waals surface area contributed by atoms with Crippen LogP contribution < -0.4 is 9.62 Å². The van der Waals surface area contributed by atoms with Crippen molar-refractivity contribution in [3.05, 3.63) is 90.0 Å². The third-order valence-electron chi connectivity index (χ3n) is 5.84. The zero-order valence-electron chi connectivity index (χ0n) is 19.9. The lowest BCUT2D eigenvalue weighted by atomic mass is 10.0. The summed E-state index contributed by atoms with van der Waals surface area (Å²) < 4.78 is 26.9. The first-order valence-corrected chi connectivity index (χ1v) is 13.2. The van der Waals surface area contributed by atoms with E-state index in [0.29, 0.717) is 35.6 Å². The molecule has 0 amide bonds. The number of H-pyrrole nitrogens is 1. The molecule has 0 saturated carbocycles. The van der Waals surface area contributed by atoms with Crippen LogP contribution >= 0.6 is 0 Å². The Bertz CT molecular complexity index is 1410. The molecular weight excluding hydrogens is 460 g/mol. The minimum atomic E-state index is -3.41. The Kier molecular flexibility index (Phi) is 7.53. The number of hydrogen-bond acceptors (Lipinski definition) is 5. The number of aromatic hydroxyl groups is 1. The van der Waals surface area contributed by atoms with Gasteiger partial charge in [-0.1, -0.05) is 48.5 Å². The lowest BCUT2D eigenvalue weighted by molar-refractivity contribution is 0.457. The van der Waals surface area contributed by atoms with E-state index in [-0.39, 0.29) is 11.6 Å². The number of benzene rings is 3. The molecule has 7 nitrogen and oxygen atoms in total. The predicted octanol–water partition coefficient (Wildman–Crippen LogP) is 4.81. The quantitative estimate of drug-likeness (QED) is 0.220. The van der Waals surface area contributed by atoms with Crippen LogP contribution in [0.25, 0.3) is 10.9 Å². The largest absolute Gasteiger partial charge is 0.494 e. The van der Waals surface area contributed by atoms with Crippen molar-refractivity contribution in [1.82, 2.24) is 10.3 Å². The molecular formula is C27H30N4O3S. The number of aliphatic imine (C=N–C) groups is 1. The first-order chi connectivity index (χ1) is 16.9. The number of sulfonamides is 1. The van der Waals surface area contributed by atoms with Crippen LogP contribution in [0.4, 0.5) is 11.4 Å². The Morgan fingerprint density at radius 3 is 2.37 bits per heavy atom. The Morgan fingerprint density at radius 2 is 1.69 bits per heavy atom. The normalized spacial score (nSPS) is 12.2. The third-order valence-corrected chi connectivity index (χ3v) is 7.63. The number of aromatic amines is 1. The van der Waals surface area contributed by atoms with E-state index in [4.69, 9.17) is 4.99 Å². The number of para-hydroxylation sites is 1. The van der Waals surface area contributed by atoms with Crippen LogP contribution in [-0.2, 0) is 10.0 Å². The number of nitrogens with zero attached hydrogens (tertiary/aromatic N) is 2. The minimum Gasteiger partial charge on any atom is -0.494 e. The first-order valence-electron chi connectivity index (χ1n) is 11.6. The maximum atomic E-state index is 12.7. The summed E-state index contributed by atoms with van der Waals surface area (Å²) in [4.78, 5) is 7.93. The van der Waals surface area contributed by atoms with E-state index < -0.39 is 10.0 Å². The van der Waals surface area contributed by atoms with Gasteiger partial charge < -0.3 is 15.4 Å². The van der Waals surface area contributed by atoms with Crippen LogP contribution in [0.2, 0.25) is 0 Å². The van der Waals surface area contributed by atoms with Gasteiger partial charge in [0.1, 0.15) is 0 Å². The highest BCUT2D eigenvalue weighted by atomic mass is 32.2. The molecule has 0 atom stereocenters.